The molecule has 6 N–H and O–H groups in total. The number of anilines is 2. The van der Waals surface area contributed by atoms with Gasteiger partial charge in [-0.1, -0.05) is 50.4 Å². The molecule has 10 heteroatoms. The molecule has 0 unspecified atom stereocenters. The number of benzene rings is 1. The van der Waals surface area contributed by atoms with Crippen molar-refractivity contribution >= 4 is 65.2 Å². The summed E-state index contributed by atoms with van der Waals surface area (Å²) in [5, 5.41) is 6.71. The van der Waals surface area contributed by atoms with Crippen molar-refractivity contribution in [2.75, 3.05) is 10.6 Å². The van der Waals surface area contributed by atoms with E-state index in [0.717, 1.165) is 20.4 Å². The number of fused-ring (bicyclic) bond motifs is 2. The second-order valence-electron chi connectivity index (χ2n) is 7.46. The van der Waals surface area contributed by atoms with Gasteiger partial charge in [0.05, 0.1) is 31.5 Å². The molecule has 162 valence electrons. The first-order valence-electron chi connectivity index (χ1n) is 10.1. The Kier molecular flexibility index (Phi) is 6.42. The maximum absolute atomic E-state index is 12.5. The molecule has 3 rings (SSSR count). The molecule has 2 amide bonds. The second-order valence-corrected chi connectivity index (χ2v) is 9.52. The van der Waals surface area contributed by atoms with Crippen LogP contribution in [0.3, 0.4) is 0 Å². The smallest absolute Gasteiger partial charge is 0.246 e. The number of carbonyl (C=O) groups excluding carboxylic acids is 2. The van der Waals surface area contributed by atoms with Gasteiger partial charge in [-0.05, 0) is 37.8 Å². The minimum Gasteiger partial charge on any atom is -0.317 e. The summed E-state index contributed by atoms with van der Waals surface area (Å²) < 4.78 is 1.84. The average Bonchev–Trinajstić information content (AvgIpc) is 3.31. The predicted octanol–water partition coefficient (Wildman–Crippen LogP) is 3.82. The number of nitrogens with two attached hydrogens (primary N) is 2. The number of nitrogens with zero attached hydrogens (tertiary/aromatic N) is 2. The molecule has 0 fully saturated rings. The Labute approximate surface area is 183 Å². The summed E-state index contributed by atoms with van der Waals surface area (Å²) in [7, 11) is 0. The Balaban J connectivity index is 1.84. The fraction of sp³-hybridized carbons (Fsp3) is 0.500. The molecule has 0 saturated carbocycles. The summed E-state index contributed by atoms with van der Waals surface area (Å²) >= 11 is 2.77. The molecule has 2 aromatic heterocycles. The second kappa shape index (κ2) is 8.54. The molecule has 0 atom stereocenters. The Morgan fingerprint density at radius 2 is 1.17 bits per heavy atom. The van der Waals surface area contributed by atoms with E-state index in [1.165, 1.54) is 22.7 Å². The first kappa shape index (κ1) is 22.5. The van der Waals surface area contributed by atoms with Gasteiger partial charge in [-0.3, -0.25) is 9.59 Å². The predicted molar refractivity (Wildman–Crippen MR) is 125 cm³/mol. The number of rotatable bonds is 8. The van der Waals surface area contributed by atoms with E-state index >= 15 is 0 Å². The van der Waals surface area contributed by atoms with Gasteiger partial charge >= 0.3 is 0 Å². The minimum atomic E-state index is -0.901. The zero-order valence-electron chi connectivity index (χ0n) is 17.7. The number of hydrogen-bond donors (Lipinski definition) is 4. The molecule has 0 aliphatic heterocycles. The fourth-order valence-corrected chi connectivity index (χ4v) is 4.88. The lowest BCUT2D eigenvalue weighted by Gasteiger charge is -2.24. The van der Waals surface area contributed by atoms with E-state index in [1.54, 1.807) is 0 Å². The van der Waals surface area contributed by atoms with Gasteiger partial charge in [0, 0.05) is 0 Å². The molecule has 30 heavy (non-hydrogen) atoms. The molecule has 3 aromatic rings. The van der Waals surface area contributed by atoms with Gasteiger partial charge in [0.1, 0.15) is 0 Å². The van der Waals surface area contributed by atoms with Crippen LogP contribution in [0.4, 0.5) is 10.3 Å². The molecule has 0 aliphatic rings. The number of hydrogen-bond acceptors (Lipinski definition) is 8. The van der Waals surface area contributed by atoms with E-state index in [0.29, 0.717) is 35.9 Å². The van der Waals surface area contributed by atoms with E-state index in [1.807, 2.05) is 39.8 Å². The maximum atomic E-state index is 12.5. The van der Waals surface area contributed by atoms with Gasteiger partial charge in [0.15, 0.2) is 10.3 Å². The molecule has 1 aromatic carbocycles. The molecule has 0 bridgehead atoms. The molecule has 0 radical (unpaired) electrons. The summed E-state index contributed by atoms with van der Waals surface area (Å²) in [4.78, 5) is 34.0. The Hall–Kier alpha value is -2.14. The van der Waals surface area contributed by atoms with Crippen molar-refractivity contribution < 1.29 is 9.59 Å². The number of aromatic nitrogens is 2. The van der Waals surface area contributed by atoms with E-state index < -0.39 is 11.1 Å². The maximum Gasteiger partial charge on any atom is 0.246 e. The summed E-state index contributed by atoms with van der Waals surface area (Å²) in [5.41, 5.74) is 12.0. The fourth-order valence-electron chi connectivity index (χ4n) is 3.04. The number of nitrogens with one attached hydrogen (secondary N) is 2. The topological polar surface area (TPSA) is 136 Å². The molecule has 0 saturated heterocycles. The highest BCUT2D eigenvalue weighted by Crippen LogP contribution is 2.34. The van der Waals surface area contributed by atoms with E-state index in [2.05, 4.69) is 20.6 Å². The molecule has 8 nitrogen and oxygen atoms in total. The van der Waals surface area contributed by atoms with Crippen LogP contribution >= 0.6 is 22.7 Å². The van der Waals surface area contributed by atoms with Gasteiger partial charge in [-0.15, -0.1) is 0 Å². The van der Waals surface area contributed by atoms with Crippen LogP contribution < -0.4 is 22.1 Å². The van der Waals surface area contributed by atoms with Gasteiger partial charge < -0.3 is 22.1 Å². The van der Waals surface area contributed by atoms with Crippen LogP contribution in [-0.4, -0.2) is 32.9 Å². The Morgan fingerprint density at radius 1 is 0.800 bits per heavy atom. The first-order chi connectivity index (χ1) is 14.2. The lowest BCUT2D eigenvalue weighted by atomic mass is 9.93. The third kappa shape index (κ3) is 4.18. The van der Waals surface area contributed by atoms with Crippen LogP contribution in [0.1, 0.15) is 53.4 Å². The number of carbonyl (C=O) groups is 2. The van der Waals surface area contributed by atoms with Gasteiger partial charge in [-0.25, -0.2) is 9.97 Å². The summed E-state index contributed by atoms with van der Waals surface area (Å²) in [6.45, 7) is 7.58. The van der Waals surface area contributed by atoms with Crippen molar-refractivity contribution in [2.45, 2.75) is 64.5 Å². The van der Waals surface area contributed by atoms with Gasteiger partial charge in [-0.2, -0.15) is 0 Å². The number of thiazole rings is 2. The lowest BCUT2D eigenvalue weighted by Crippen LogP contribution is -2.50. The summed E-state index contributed by atoms with van der Waals surface area (Å²) in [6, 6.07) is 3.82. The van der Waals surface area contributed by atoms with Crippen molar-refractivity contribution in [3.63, 3.8) is 0 Å². The molecule has 0 aliphatic carbocycles. The van der Waals surface area contributed by atoms with Crippen LogP contribution in [-0.2, 0) is 9.59 Å². The Bertz CT molecular complexity index is 949. The zero-order chi connectivity index (χ0) is 22.1. The van der Waals surface area contributed by atoms with Crippen molar-refractivity contribution in [3.8, 4) is 0 Å². The minimum absolute atomic E-state index is 0.228. The van der Waals surface area contributed by atoms with E-state index in [9.17, 15) is 9.59 Å². The van der Waals surface area contributed by atoms with Gasteiger partial charge in [0.25, 0.3) is 0 Å². The van der Waals surface area contributed by atoms with Gasteiger partial charge in [0.2, 0.25) is 11.8 Å². The van der Waals surface area contributed by atoms with E-state index in [4.69, 9.17) is 11.5 Å². The average molecular weight is 449 g/mol. The third-order valence-electron chi connectivity index (χ3n) is 5.77. The monoisotopic (exact) mass is 448 g/mol. The largest absolute Gasteiger partial charge is 0.317 e. The van der Waals surface area contributed by atoms with Crippen LogP contribution in [0, 0.1) is 0 Å². The van der Waals surface area contributed by atoms with E-state index in [-0.39, 0.29) is 11.8 Å². The highest BCUT2D eigenvalue weighted by molar-refractivity contribution is 7.24. The van der Waals surface area contributed by atoms with Crippen LogP contribution in [0.25, 0.3) is 20.4 Å². The molecule has 2 heterocycles. The highest BCUT2D eigenvalue weighted by atomic mass is 32.1. The Morgan fingerprint density at radius 3 is 1.50 bits per heavy atom. The molecule has 0 spiro atoms. The molecular weight excluding hydrogens is 420 g/mol. The number of amides is 2. The third-order valence-corrected chi connectivity index (χ3v) is 7.63. The highest BCUT2D eigenvalue weighted by Gasteiger charge is 2.31. The normalized spacial score (nSPS) is 12.5. The standard InChI is InChI=1S/C20H28N6O2S2/c1-5-19(21,6-2)15(27)25-17-23-11-9-12-14(10-13(11)29-17)30-18(24-12)26-16(28)20(22,7-3)8-4/h9-10H,5-8,21-22H2,1-4H3,(H,23,25,27)(H,24,26,28). The van der Waals surface area contributed by atoms with Crippen LogP contribution in [0.15, 0.2) is 12.1 Å². The van der Waals surface area contributed by atoms with Crippen molar-refractivity contribution in [3.05, 3.63) is 12.1 Å². The SMILES string of the molecule is CCC(N)(CC)C(=O)Nc1nc2cc3nc(NC(=O)C(N)(CC)CC)sc3cc2s1. The quantitative estimate of drug-likeness (QED) is 0.413. The van der Waals surface area contributed by atoms with Crippen molar-refractivity contribution in [1.82, 2.24) is 9.97 Å². The van der Waals surface area contributed by atoms with Crippen LogP contribution in [0.2, 0.25) is 0 Å². The zero-order valence-corrected chi connectivity index (χ0v) is 19.3. The lowest BCUT2D eigenvalue weighted by molar-refractivity contribution is -0.122. The summed E-state index contributed by atoms with van der Waals surface area (Å²) in [6.07, 6.45) is 2.20. The van der Waals surface area contributed by atoms with Crippen molar-refractivity contribution in [1.29, 1.82) is 0 Å². The molecular formula is C20H28N6O2S2. The first-order valence-corrected chi connectivity index (χ1v) is 11.7. The summed E-state index contributed by atoms with van der Waals surface area (Å²) in [5.74, 6) is -0.456. The van der Waals surface area contributed by atoms with Crippen LogP contribution in [0.5, 0.6) is 0 Å². The van der Waals surface area contributed by atoms with Crippen molar-refractivity contribution in [2.24, 2.45) is 11.5 Å².